The monoisotopic (exact) mass is 302 g/mol. The van der Waals surface area contributed by atoms with Gasteiger partial charge in [0.1, 0.15) is 10.7 Å². The van der Waals surface area contributed by atoms with Gasteiger partial charge in [-0.15, -0.1) is 0 Å². The molecule has 1 heterocycles. The van der Waals surface area contributed by atoms with Crippen LogP contribution in [0.3, 0.4) is 0 Å². The van der Waals surface area contributed by atoms with E-state index in [9.17, 15) is 12.8 Å². The predicted octanol–water partition coefficient (Wildman–Crippen LogP) is 1.00. The van der Waals surface area contributed by atoms with Crippen LogP contribution in [0.4, 0.5) is 4.39 Å². The Bertz CT molecular complexity index is 557. The highest BCUT2D eigenvalue weighted by Crippen LogP contribution is 2.17. The van der Waals surface area contributed by atoms with Crippen LogP contribution in [0.2, 0.25) is 0 Å². The molecule has 1 atom stereocenters. The predicted molar refractivity (Wildman–Crippen MR) is 73.3 cm³/mol. The van der Waals surface area contributed by atoms with Crippen LogP contribution in [0.25, 0.3) is 0 Å². The quantitative estimate of drug-likeness (QED) is 0.823. The van der Waals surface area contributed by atoms with Crippen LogP contribution in [0, 0.1) is 5.82 Å². The van der Waals surface area contributed by atoms with Gasteiger partial charge >= 0.3 is 0 Å². The van der Waals surface area contributed by atoms with Crippen molar-refractivity contribution in [3.63, 3.8) is 0 Å². The maximum absolute atomic E-state index is 13.9. The van der Waals surface area contributed by atoms with E-state index in [0.717, 1.165) is 12.8 Å². The lowest BCUT2D eigenvalue weighted by Crippen LogP contribution is -2.32. The molecule has 1 aliphatic rings. The van der Waals surface area contributed by atoms with Gasteiger partial charge in [0, 0.05) is 19.7 Å². The summed E-state index contributed by atoms with van der Waals surface area (Å²) in [5, 5.41) is 2.88. The fourth-order valence-corrected chi connectivity index (χ4v) is 3.29. The molecule has 20 heavy (non-hydrogen) atoms. The maximum Gasteiger partial charge on any atom is 0.243 e. The number of ether oxygens (including phenoxy) is 1. The third-order valence-electron chi connectivity index (χ3n) is 3.19. The Morgan fingerprint density at radius 2 is 2.25 bits per heavy atom. The molecule has 1 aromatic carbocycles. The van der Waals surface area contributed by atoms with Crippen LogP contribution in [0.1, 0.15) is 18.4 Å². The molecule has 1 saturated heterocycles. The first-order chi connectivity index (χ1) is 9.53. The Kier molecular flexibility index (Phi) is 5.09. The minimum absolute atomic E-state index is 0.114. The number of benzene rings is 1. The van der Waals surface area contributed by atoms with E-state index in [1.807, 2.05) is 0 Å². The van der Waals surface area contributed by atoms with Crippen molar-refractivity contribution in [1.82, 2.24) is 10.0 Å². The SMILES string of the molecule is CNCc1ccc(S(=O)(=O)NCC2CCCO2)c(F)c1. The first-order valence-electron chi connectivity index (χ1n) is 6.57. The molecule has 5 nitrogen and oxygen atoms in total. The van der Waals surface area contributed by atoms with Crippen molar-refractivity contribution < 1.29 is 17.5 Å². The molecule has 0 spiro atoms. The van der Waals surface area contributed by atoms with Crippen LogP contribution in [0.15, 0.2) is 23.1 Å². The van der Waals surface area contributed by atoms with Gasteiger partial charge in [-0.2, -0.15) is 0 Å². The lowest BCUT2D eigenvalue weighted by molar-refractivity contribution is 0.114. The van der Waals surface area contributed by atoms with E-state index in [1.165, 1.54) is 12.1 Å². The molecule has 0 bridgehead atoms. The smallest absolute Gasteiger partial charge is 0.243 e. The van der Waals surface area contributed by atoms with Gasteiger partial charge in [0.25, 0.3) is 0 Å². The number of rotatable bonds is 6. The Labute approximate surface area is 118 Å². The second-order valence-electron chi connectivity index (χ2n) is 4.78. The van der Waals surface area contributed by atoms with Crippen LogP contribution in [0.5, 0.6) is 0 Å². The van der Waals surface area contributed by atoms with Crippen LogP contribution < -0.4 is 10.0 Å². The molecule has 112 valence electrons. The third-order valence-corrected chi connectivity index (χ3v) is 4.65. The fraction of sp³-hybridized carbons (Fsp3) is 0.538. The summed E-state index contributed by atoms with van der Waals surface area (Å²) < 4.78 is 45.7. The zero-order valence-electron chi connectivity index (χ0n) is 11.4. The van der Waals surface area contributed by atoms with Gasteiger partial charge in [0.15, 0.2) is 0 Å². The number of sulfonamides is 1. The molecular weight excluding hydrogens is 283 g/mol. The summed E-state index contributed by atoms with van der Waals surface area (Å²) in [6.45, 7) is 1.32. The van der Waals surface area contributed by atoms with Gasteiger partial charge < -0.3 is 10.1 Å². The average Bonchev–Trinajstić information content (AvgIpc) is 2.90. The Morgan fingerprint density at radius 1 is 1.45 bits per heavy atom. The molecule has 1 fully saturated rings. The first-order valence-corrected chi connectivity index (χ1v) is 8.05. The van der Waals surface area contributed by atoms with E-state index >= 15 is 0 Å². The van der Waals surface area contributed by atoms with Gasteiger partial charge in [-0.25, -0.2) is 17.5 Å². The summed E-state index contributed by atoms with van der Waals surface area (Å²) >= 11 is 0. The number of halogens is 1. The highest BCUT2D eigenvalue weighted by Gasteiger charge is 2.22. The standard InChI is InChI=1S/C13H19FN2O3S/c1-15-8-10-4-5-13(12(14)7-10)20(17,18)16-9-11-3-2-6-19-11/h4-5,7,11,15-16H,2-3,6,8-9H2,1H3. The van der Waals surface area contributed by atoms with E-state index < -0.39 is 15.8 Å². The summed E-state index contributed by atoms with van der Waals surface area (Å²) in [6, 6.07) is 4.12. The molecule has 1 unspecified atom stereocenters. The minimum Gasteiger partial charge on any atom is -0.377 e. The lowest BCUT2D eigenvalue weighted by Gasteiger charge is -2.12. The Hall–Kier alpha value is -1.02. The normalized spacial score (nSPS) is 19.4. The maximum atomic E-state index is 13.9. The molecule has 0 amide bonds. The van der Waals surface area contributed by atoms with Crippen molar-refractivity contribution in [2.45, 2.75) is 30.4 Å². The summed E-state index contributed by atoms with van der Waals surface area (Å²) in [4.78, 5) is -0.324. The molecule has 2 rings (SSSR count). The molecule has 2 N–H and O–H groups in total. The van der Waals surface area contributed by atoms with E-state index in [0.29, 0.717) is 18.7 Å². The zero-order chi connectivity index (χ0) is 14.6. The lowest BCUT2D eigenvalue weighted by atomic mass is 10.2. The van der Waals surface area contributed by atoms with Gasteiger partial charge in [-0.05, 0) is 37.6 Å². The average molecular weight is 302 g/mol. The topological polar surface area (TPSA) is 67.4 Å². The molecule has 0 radical (unpaired) electrons. The van der Waals surface area contributed by atoms with E-state index in [2.05, 4.69) is 10.0 Å². The second kappa shape index (κ2) is 6.62. The van der Waals surface area contributed by atoms with Crippen molar-refractivity contribution in [1.29, 1.82) is 0 Å². The highest BCUT2D eigenvalue weighted by atomic mass is 32.2. The summed E-state index contributed by atoms with van der Waals surface area (Å²) in [7, 11) is -2.09. The molecule has 0 saturated carbocycles. The molecule has 7 heteroatoms. The van der Waals surface area contributed by atoms with Crippen molar-refractivity contribution in [2.75, 3.05) is 20.2 Å². The van der Waals surface area contributed by atoms with Gasteiger partial charge in [-0.1, -0.05) is 6.07 Å². The minimum atomic E-state index is -3.84. The summed E-state index contributed by atoms with van der Waals surface area (Å²) in [5.41, 5.74) is 0.697. The van der Waals surface area contributed by atoms with Crippen LogP contribution in [-0.4, -0.2) is 34.7 Å². The van der Waals surface area contributed by atoms with Crippen LogP contribution >= 0.6 is 0 Å². The zero-order valence-corrected chi connectivity index (χ0v) is 12.2. The van der Waals surface area contributed by atoms with Gasteiger partial charge in [0.2, 0.25) is 10.0 Å². The number of hydrogen-bond donors (Lipinski definition) is 2. The highest BCUT2D eigenvalue weighted by molar-refractivity contribution is 7.89. The van der Waals surface area contributed by atoms with Crippen molar-refractivity contribution in [3.05, 3.63) is 29.6 Å². The van der Waals surface area contributed by atoms with E-state index in [-0.39, 0.29) is 17.5 Å². The third kappa shape index (κ3) is 3.76. The summed E-state index contributed by atoms with van der Waals surface area (Å²) in [5.74, 6) is -0.738. The number of nitrogens with one attached hydrogen (secondary N) is 2. The van der Waals surface area contributed by atoms with E-state index in [1.54, 1.807) is 13.1 Å². The molecule has 0 aromatic heterocycles. The molecular formula is C13H19FN2O3S. The van der Waals surface area contributed by atoms with Crippen molar-refractivity contribution in [3.8, 4) is 0 Å². The fourth-order valence-electron chi connectivity index (χ4n) is 2.16. The second-order valence-corrected chi connectivity index (χ2v) is 6.52. The van der Waals surface area contributed by atoms with E-state index in [4.69, 9.17) is 4.74 Å². The summed E-state index contributed by atoms with van der Waals surface area (Å²) in [6.07, 6.45) is 1.64. The largest absolute Gasteiger partial charge is 0.377 e. The Morgan fingerprint density at radius 3 is 2.85 bits per heavy atom. The van der Waals surface area contributed by atoms with Gasteiger partial charge in [-0.3, -0.25) is 0 Å². The van der Waals surface area contributed by atoms with Crippen molar-refractivity contribution in [2.24, 2.45) is 0 Å². The molecule has 1 aromatic rings. The number of hydrogen-bond acceptors (Lipinski definition) is 4. The van der Waals surface area contributed by atoms with Crippen molar-refractivity contribution >= 4 is 10.0 Å². The van der Waals surface area contributed by atoms with Crippen LogP contribution in [-0.2, 0) is 21.3 Å². The van der Waals surface area contributed by atoms with Gasteiger partial charge in [0.05, 0.1) is 6.10 Å². The first kappa shape index (κ1) is 15.4. The molecule has 0 aliphatic carbocycles. The Balaban J connectivity index is 2.08. The molecule has 1 aliphatic heterocycles.